The van der Waals surface area contributed by atoms with Crippen molar-refractivity contribution >= 4 is 28.9 Å². The molecule has 5 heteroatoms. The van der Waals surface area contributed by atoms with Crippen LogP contribution >= 0.6 is 11.6 Å². The maximum atomic E-state index is 12.7. The fourth-order valence-electron chi connectivity index (χ4n) is 2.94. The molecule has 1 amide bonds. The van der Waals surface area contributed by atoms with Gasteiger partial charge >= 0.3 is 0 Å². The number of piperazine rings is 1. The highest BCUT2D eigenvalue weighted by Gasteiger charge is 2.23. The molecule has 0 atom stereocenters. The van der Waals surface area contributed by atoms with Crippen molar-refractivity contribution in [1.29, 1.82) is 0 Å². The molecule has 0 saturated carbocycles. The molecular formula is C19H22ClN3O. The molecule has 1 heterocycles. The Kier molecular flexibility index (Phi) is 4.95. The minimum absolute atomic E-state index is 0.0964. The number of carbonyl (C=O) groups excluding carboxylic acids is 1. The van der Waals surface area contributed by atoms with Crippen LogP contribution in [0.15, 0.2) is 48.5 Å². The number of para-hydroxylation sites is 1. The van der Waals surface area contributed by atoms with Gasteiger partial charge in [-0.1, -0.05) is 23.7 Å². The van der Waals surface area contributed by atoms with E-state index in [1.165, 1.54) is 0 Å². The number of hydrogen-bond acceptors (Lipinski definition) is 3. The van der Waals surface area contributed by atoms with Crippen molar-refractivity contribution < 1.29 is 4.79 Å². The molecule has 1 aliphatic heterocycles. The Morgan fingerprint density at radius 3 is 2.17 bits per heavy atom. The van der Waals surface area contributed by atoms with E-state index in [0.29, 0.717) is 13.1 Å². The standard InChI is InChI=1S/C19H22ClN3O/c1-21(2)16-9-7-15(8-10-16)19(24)23-13-11-22(12-14-23)18-6-4-3-5-17(18)20/h3-10H,11-14H2,1-2H3. The van der Waals surface area contributed by atoms with E-state index in [1.807, 2.05) is 72.4 Å². The van der Waals surface area contributed by atoms with Crippen LogP contribution in [0.25, 0.3) is 0 Å². The van der Waals surface area contributed by atoms with Gasteiger partial charge in [-0.3, -0.25) is 4.79 Å². The highest BCUT2D eigenvalue weighted by atomic mass is 35.5. The summed E-state index contributed by atoms with van der Waals surface area (Å²) in [5, 5.41) is 0.761. The van der Waals surface area contributed by atoms with Crippen LogP contribution in [0.4, 0.5) is 11.4 Å². The number of halogens is 1. The van der Waals surface area contributed by atoms with Crippen molar-refractivity contribution in [2.24, 2.45) is 0 Å². The van der Waals surface area contributed by atoms with Gasteiger partial charge in [-0.05, 0) is 36.4 Å². The van der Waals surface area contributed by atoms with E-state index in [1.54, 1.807) is 0 Å². The van der Waals surface area contributed by atoms with E-state index in [-0.39, 0.29) is 5.91 Å². The van der Waals surface area contributed by atoms with E-state index >= 15 is 0 Å². The van der Waals surface area contributed by atoms with Gasteiger partial charge in [0.05, 0.1) is 10.7 Å². The van der Waals surface area contributed by atoms with Gasteiger partial charge in [0.1, 0.15) is 0 Å². The maximum Gasteiger partial charge on any atom is 0.253 e. The molecule has 2 aromatic rings. The molecule has 3 rings (SSSR count). The zero-order valence-electron chi connectivity index (χ0n) is 14.1. The minimum Gasteiger partial charge on any atom is -0.378 e. The Morgan fingerprint density at radius 2 is 1.58 bits per heavy atom. The molecule has 0 unspecified atom stereocenters. The van der Waals surface area contributed by atoms with Gasteiger partial charge < -0.3 is 14.7 Å². The average Bonchev–Trinajstić information content (AvgIpc) is 2.62. The second kappa shape index (κ2) is 7.14. The predicted octanol–water partition coefficient (Wildman–Crippen LogP) is 3.37. The highest BCUT2D eigenvalue weighted by molar-refractivity contribution is 6.33. The summed E-state index contributed by atoms with van der Waals surface area (Å²) in [6.07, 6.45) is 0. The lowest BCUT2D eigenvalue weighted by Crippen LogP contribution is -2.48. The lowest BCUT2D eigenvalue weighted by molar-refractivity contribution is 0.0747. The summed E-state index contributed by atoms with van der Waals surface area (Å²) < 4.78 is 0. The SMILES string of the molecule is CN(C)c1ccc(C(=O)N2CCN(c3ccccc3Cl)CC2)cc1. The zero-order chi connectivity index (χ0) is 17.1. The van der Waals surface area contributed by atoms with Gasteiger partial charge in [0.25, 0.3) is 5.91 Å². The van der Waals surface area contributed by atoms with E-state index in [2.05, 4.69) is 4.90 Å². The summed E-state index contributed by atoms with van der Waals surface area (Å²) in [6, 6.07) is 15.6. The molecular weight excluding hydrogens is 322 g/mol. The number of amides is 1. The average molecular weight is 344 g/mol. The molecule has 0 radical (unpaired) electrons. The molecule has 1 aliphatic rings. The lowest BCUT2D eigenvalue weighted by atomic mass is 10.1. The number of carbonyl (C=O) groups is 1. The van der Waals surface area contributed by atoms with Gasteiger partial charge in [0, 0.05) is 51.5 Å². The second-order valence-electron chi connectivity index (χ2n) is 6.17. The van der Waals surface area contributed by atoms with Gasteiger partial charge in [-0.15, -0.1) is 0 Å². The van der Waals surface area contributed by atoms with E-state index in [4.69, 9.17) is 11.6 Å². The zero-order valence-corrected chi connectivity index (χ0v) is 14.8. The van der Waals surface area contributed by atoms with Crippen LogP contribution in [-0.2, 0) is 0 Å². The molecule has 126 valence electrons. The van der Waals surface area contributed by atoms with Crippen LogP contribution in [0.1, 0.15) is 10.4 Å². The maximum absolute atomic E-state index is 12.7. The smallest absolute Gasteiger partial charge is 0.253 e. The molecule has 24 heavy (non-hydrogen) atoms. The third kappa shape index (κ3) is 3.49. The number of rotatable bonds is 3. The van der Waals surface area contributed by atoms with Crippen molar-refractivity contribution in [1.82, 2.24) is 4.90 Å². The van der Waals surface area contributed by atoms with Crippen molar-refractivity contribution in [3.63, 3.8) is 0 Å². The summed E-state index contributed by atoms with van der Waals surface area (Å²) in [5.74, 6) is 0.0964. The van der Waals surface area contributed by atoms with Crippen LogP contribution in [-0.4, -0.2) is 51.1 Å². The molecule has 0 bridgehead atoms. The van der Waals surface area contributed by atoms with E-state index in [0.717, 1.165) is 35.1 Å². The molecule has 4 nitrogen and oxygen atoms in total. The van der Waals surface area contributed by atoms with Crippen molar-refractivity contribution in [2.45, 2.75) is 0 Å². The first-order valence-corrected chi connectivity index (χ1v) is 8.50. The summed E-state index contributed by atoms with van der Waals surface area (Å²) in [5.41, 5.74) is 2.88. The van der Waals surface area contributed by atoms with E-state index < -0.39 is 0 Å². The van der Waals surface area contributed by atoms with Gasteiger partial charge in [0.2, 0.25) is 0 Å². The summed E-state index contributed by atoms with van der Waals surface area (Å²) in [4.78, 5) is 18.8. The Balaban J connectivity index is 1.64. The summed E-state index contributed by atoms with van der Waals surface area (Å²) >= 11 is 6.27. The topological polar surface area (TPSA) is 26.8 Å². The Bertz CT molecular complexity index is 707. The fraction of sp³-hybridized carbons (Fsp3) is 0.316. The molecule has 1 saturated heterocycles. The number of benzene rings is 2. The fourth-order valence-corrected chi connectivity index (χ4v) is 3.20. The van der Waals surface area contributed by atoms with Crippen LogP contribution in [0, 0.1) is 0 Å². The van der Waals surface area contributed by atoms with Crippen molar-refractivity contribution in [3.05, 3.63) is 59.1 Å². The van der Waals surface area contributed by atoms with Crippen LogP contribution < -0.4 is 9.80 Å². The number of anilines is 2. The monoisotopic (exact) mass is 343 g/mol. The molecule has 1 fully saturated rings. The largest absolute Gasteiger partial charge is 0.378 e. The number of hydrogen-bond donors (Lipinski definition) is 0. The third-order valence-electron chi connectivity index (χ3n) is 4.39. The van der Waals surface area contributed by atoms with E-state index in [9.17, 15) is 4.79 Å². The normalized spacial score (nSPS) is 14.6. The molecule has 0 aliphatic carbocycles. The predicted molar refractivity (Wildman–Crippen MR) is 100 cm³/mol. The van der Waals surface area contributed by atoms with Crippen molar-refractivity contribution in [3.8, 4) is 0 Å². The van der Waals surface area contributed by atoms with Crippen LogP contribution in [0.2, 0.25) is 5.02 Å². The Labute approximate surface area is 148 Å². The number of nitrogens with zero attached hydrogens (tertiary/aromatic N) is 3. The van der Waals surface area contributed by atoms with Crippen LogP contribution in [0.3, 0.4) is 0 Å². The quantitative estimate of drug-likeness (QED) is 0.855. The Morgan fingerprint density at radius 1 is 0.958 bits per heavy atom. The Hall–Kier alpha value is -2.20. The first-order chi connectivity index (χ1) is 11.6. The second-order valence-corrected chi connectivity index (χ2v) is 6.58. The summed E-state index contributed by atoms with van der Waals surface area (Å²) in [6.45, 7) is 3.01. The highest BCUT2D eigenvalue weighted by Crippen LogP contribution is 2.26. The van der Waals surface area contributed by atoms with Gasteiger partial charge in [-0.25, -0.2) is 0 Å². The van der Waals surface area contributed by atoms with Gasteiger partial charge in [0.15, 0.2) is 0 Å². The molecule has 0 aromatic heterocycles. The minimum atomic E-state index is 0.0964. The first kappa shape index (κ1) is 16.7. The van der Waals surface area contributed by atoms with Crippen molar-refractivity contribution in [2.75, 3.05) is 50.1 Å². The molecule has 0 spiro atoms. The van der Waals surface area contributed by atoms with Gasteiger partial charge in [-0.2, -0.15) is 0 Å². The first-order valence-electron chi connectivity index (χ1n) is 8.12. The molecule has 2 aromatic carbocycles. The third-order valence-corrected chi connectivity index (χ3v) is 4.71. The summed E-state index contributed by atoms with van der Waals surface area (Å²) in [7, 11) is 3.98. The molecule has 0 N–H and O–H groups in total. The van der Waals surface area contributed by atoms with Crippen LogP contribution in [0.5, 0.6) is 0 Å². The lowest BCUT2D eigenvalue weighted by Gasteiger charge is -2.36.